The van der Waals surface area contributed by atoms with Crippen molar-refractivity contribution < 1.29 is 9.18 Å². The molecule has 3 heterocycles. The van der Waals surface area contributed by atoms with Crippen LogP contribution in [0.5, 0.6) is 0 Å². The molecule has 0 bridgehead atoms. The maximum Gasteiger partial charge on any atom is 0.273 e. The van der Waals surface area contributed by atoms with Gasteiger partial charge in [-0.2, -0.15) is 4.52 Å². The standard InChI is InChI=1S/C24H26BrFN4O2/c1-14-18(12-26)13-29(14)24(32)21-22(25)28-30-20(31)11-19(27-23(21)30)17-9-7-16(8-10-17)15-5-3-2-4-6-15/h7-11,14-15,18,28H,2-6,12-13H2,1H3. The number of hydrogen-bond donors (Lipinski definition) is 1. The number of carbonyl (C=O) groups is 1. The number of aromatic nitrogens is 3. The van der Waals surface area contributed by atoms with Crippen molar-refractivity contribution >= 4 is 27.5 Å². The van der Waals surface area contributed by atoms with Crippen molar-refractivity contribution in [1.82, 2.24) is 19.5 Å². The van der Waals surface area contributed by atoms with Gasteiger partial charge in [0, 0.05) is 30.1 Å². The SMILES string of the molecule is CC1C(CF)CN1C(=O)c1c(Br)[nH]n2c(=O)cc(-c3ccc(C4CCCCC4)cc3)nc12. The Hall–Kier alpha value is -2.48. The minimum absolute atomic E-state index is 0.142. The van der Waals surface area contributed by atoms with Gasteiger partial charge in [0.2, 0.25) is 0 Å². The molecular formula is C24H26BrFN4O2. The van der Waals surface area contributed by atoms with Gasteiger partial charge in [0.15, 0.2) is 5.65 Å². The van der Waals surface area contributed by atoms with Crippen LogP contribution in [0, 0.1) is 5.92 Å². The predicted octanol–water partition coefficient (Wildman–Crippen LogP) is 4.93. The molecular weight excluding hydrogens is 475 g/mol. The summed E-state index contributed by atoms with van der Waals surface area (Å²) >= 11 is 3.38. The van der Waals surface area contributed by atoms with E-state index in [9.17, 15) is 14.0 Å². The number of likely N-dealkylation sites (tertiary alicyclic amines) is 1. The summed E-state index contributed by atoms with van der Waals surface area (Å²) in [4.78, 5) is 32.3. The molecule has 6 nitrogen and oxygen atoms in total. The Balaban J connectivity index is 1.50. The highest BCUT2D eigenvalue weighted by Crippen LogP contribution is 2.34. The molecule has 1 aromatic carbocycles. The van der Waals surface area contributed by atoms with Gasteiger partial charge in [-0.3, -0.25) is 19.1 Å². The first-order valence-electron chi connectivity index (χ1n) is 11.3. The average Bonchev–Trinajstić information content (AvgIpc) is 3.15. The third kappa shape index (κ3) is 3.58. The van der Waals surface area contributed by atoms with Gasteiger partial charge >= 0.3 is 0 Å². The third-order valence-electron chi connectivity index (χ3n) is 7.13. The van der Waals surface area contributed by atoms with E-state index in [1.165, 1.54) is 48.2 Å². The Morgan fingerprint density at radius 3 is 2.59 bits per heavy atom. The molecule has 1 aliphatic carbocycles. The van der Waals surface area contributed by atoms with E-state index < -0.39 is 6.67 Å². The Morgan fingerprint density at radius 1 is 1.22 bits per heavy atom. The summed E-state index contributed by atoms with van der Waals surface area (Å²) in [6.45, 7) is 1.76. The fraction of sp³-hybridized carbons (Fsp3) is 0.458. The second-order valence-electron chi connectivity index (χ2n) is 9.01. The van der Waals surface area contributed by atoms with Gasteiger partial charge in [-0.1, -0.05) is 43.5 Å². The summed E-state index contributed by atoms with van der Waals surface area (Å²) < 4.78 is 14.7. The summed E-state index contributed by atoms with van der Waals surface area (Å²) in [6, 6.07) is 9.57. The van der Waals surface area contributed by atoms with E-state index in [4.69, 9.17) is 0 Å². The van der Waals surface area contributed by atoms with Crippen molar-refractivity contribution in [3.05, 3.63) is 56.4 Å². The number of nitrogens with zero attached hydrogens (tertiary/aromatic N) is 3. The van der Waals surface area contributed by atoms with Crippen molar-refractivity contribution in [1.29, 1.82) is 0 Å². The zero-order valence-corrected chi connectivity index (χ0v) is 19.6. The quantitative estimate of drug-likeness (QED) is 0.551. The smallest absolute Gasteiger partial charge is 0.273 e. The Labute approximate surface area is 193 Å². The summed E-state index contributed by atoms with van der Waals surface area (Å²) in [5.41, 5.74) is 2.99. The molecule has 2 atom stereocenters. The van der Waals surface area contributed by atoms with Gasteiger partial charge in [-0.05, 0) is 47.2 Å². The summed E-state index contributed by atoms with van der Waals surface area (Å²) in [5, 5.41) is 2.89. The molecule has 2 aromatic heterocycles. The molecule has 1 N–H and O–H groups in total. The third-order valence-corrected chi connectivity index (χ3v) is 7.71. The molecule has 2 aliphatic rings. The van der Waals surface area contributed by atoms with Crippen molar-refractivity contribution in [3.8, 4) is 11.3 Å². The number of alkyl halides is 1. The summed E-state index contributed by atoms with van der Waals surface area (Å²) in [7, 11) is 0. The van der Waals surface area contributed by atoms with Gasteiger partial charge in [-0.15, -0.1) is 0 Å². The number of carbonyl (C=O) groups excluding carboxylic acids is 1. The van der Waals surface area contributed by atoms with Crippen LogP contribution in [0.2, 0.25) is 0 Å². The Kier molecular flexibility index (Phi) is 5.65. The topological polar surface area (TPSA) is 70.5 Å². The fourth-order valence-electron chi connectivity index (χ4n) is 4.99. The summed E-state index contributed by atoms with van der Waals surface area (Å²) in [6.07, 6.45) is 6.34. The summed E-state index contributed by atoms with van der Waals surface area (Å²) in [5.74, 6) is 0.205. The lowest BCUT2D eigenvalue weighted by Crippen LogP contribution is -2.57. The van der Waals surface area contributed by atoms with Crippen LogP contribution in [0.25, 0.3) is 16.9 Å². The highest BCUT2D eigenvalue weighted by atomic mass is 79.9. The first-order valence-corrected chi connectivity index (χ1v) is 12.1. The lowest BCUT2D eigenvalue weighted by Gasteiger charge is -2.45. The number of halogens is 2. The number of aromatic amines is 1. The van der Waals surface area contributed by atoms with Crippen LogP contribution >= 0.6 is 15.9 Å². The molecule has 2 unspecified atom stereocenters. The Morgan fingerprint density at radius 2 is 1.94 bits per heavy atom. The van der Waals surface area contributed by atoms with Crippen LogP contribution in [0.4, 0.5) is 4.39 Å². The molecule has 0 radical (unpaired) electrons. The molecule has 1 amide bonds. The minimum atomic E-state index is -0.446. The van der Waals surface area contributed by atoms with Gasteiger partial charge in [0.05, 0.1) is 12.4 Å². The second-order valence-corrected chi connectivity index (χ2v) is 9.80. The highest BCUT2D eigenvalue weighted by molar-refractivity contribution is 9.10. The number of H-pyrrole nitrogens is 1. The van der Waals surface area contributed by atoms with Crippen molar-refractivity contribution in [3.63, 3.8) is 0 Å². The lowest BCUT2D eigenvalue weighted by molar-refractivity contribution is 0.0140. The normalized spacial score (nSPS) is 21.7. The van der Waals surface area contributed by atoms with E-state index in [-0.39, 0.29) is 29.1 Å². The predicted molar refractivity (Wildman–Crippen MR) is 125 cm³/mol. The van der Waals surface area contributed by atoms with Gasteiger partial charge < -0.3 is 4.90 Å². The molecule has 32 heavy (non-hydrogen) atoms. The van der Waals surface area contributed by atoms with E-state index in [0.717, 1.165) is 5.56 Å². The van der Waals surface area contributed by atoms with E-state index in [2.05, 4.69) is 38.1 Å². The molecule has 1 saturated carbocycles. The first kappa shape index (κ1) is 21.4. The average molecular weight is 501 g/mol. The van der Waals surface area contributed by atoms with Crippen LogP contribution in [0.3, 0.4) is 0 Å². The highest BCUT2D eigenvalue weighted by Gasteiger charge is 2.40. The van der Waals surface area contributed by atoms with Crippen LogP contribution in [-0.2, 0) is 0 Å². The molecule has 3 aromatic rings. The monoisotopic (exact) mass is 500 g/mol. The largest absolute Gasteiger partial charge is 0.335 e. The van der Waals surface area contributed by atoms with Gasteiger partial charge in [-0.25, -0.2) is 4.98 Å². The zero-order chi connectivity index (χ0) is 22.4. The number of benzene rings is 1. The number of fused-ring (bicyclic) bond motifs is 1. The minimum Gasteiger partial charge on any atom is -0.335 e. The van der Waals surface area contributed by atoms with Crippen LogP contribution in [-0.4, -0.2) is 44.7 Å². The van der Waals surface area contributed by atoms with Gasteiger partial charge in [0.25, 0.3) is 11.5 Å². The molecule has 8 heteroatoms. The van der Waals surface area contributed by atoms with Crippen molar-refractivity contribution in [2.24, 2.45) is 5.92 Å². The van der Waals surface area contributed by atoms with Crippen molar-refractivity contribution in [2.45, 2.75) is 51.0 Å². The number of amides is 1. The zero-order valence-electron chi connectivity index (χ0n) is 18.0. The number of nitrogens with one attached hydrogen (secondary N) is 1. The van der Waals surface area contributed by atoms with E-state index in [1.54, 1.807) is 4.90 Å². The number of rotatable bonds is 4. The van der Waals surface area contributed by atoms with Crippen molar-refractivity contribution in [2.75, 3.05) is 13.2 Å². The maximum atomic E-state index is 13.2. The molecule has 1 aliphatic heterocycles. The van der Waals surface area contributed by atoms with Crippen LogP contribution in [0.1, 0.15) is 60.9 Å². The molecule has 0 spiro atoms. The molecule has 168 valence electrons. The fourth-order valence-corrected chi connectivity index (χ4v) is 5.51. The Bertz CT molecular complexity index is 1210. The number of hydrogen-bond acceptors (Lipinski definition) is 3. The van der Waals surface area contributed by atoms with E-state index >= 15 is 0 Å². The van der Waals surface area contributed by atoms with Crippen LogP contribution < -0.4 is 5.56 Å². The lowest BCUT2D eigenvalue weighted by atomic mass is 9.84. The van der Waals surface area contributed by atoms with E-state index in [1.807, 2.05) is 19.1 Å². The molecule has 5 rings (SSSR count). The van der Waals surface area contributed by atoms with Gasteiger partial charge in [0.1, 0.15) is 10.2 Å². The molecule has 1 saturated heterocycles. The second kappa shape index (κ2) is 8.46. The van der Waals surface area contributed by atoms with E-state index in [0.29, 0.717) is 28.3 Å². The van der Waals surface area contributed by atoms with Crippen LogP contribution in [0.15, 0.2) is 39.7 Å². The first-order chi connectivity index (χ1) is 15.5. The molecule has 2 fully saturated rings. The maximum absolute atomic E-state index is 13.2.